The Labute approximate surface area is 120 Å². The summed E-state index contributed by atoms with van der Waals surface area (Å²) < 4.78 is 2.20. The molecule has 1 N–H and O–H groups in total. The van der Waals surface area contributed by atoms with Crippen LogP contribution in [0.2, 0.25) is 0 Å². The second-order valence-electron chi connectivity index (χ2n) is 5.30. The van der Waals surface area contributed by atoms with Gasteiger partial charge in [0, 0.05) is 24.8 Å². The summed E-state index contributed by atoms with van der Waals surface area (Å²) in [5.74, 6) is 0. The molecule has 0 aliphatic heterocycles. The number of benzene rings is 1. The molecular formula is C16H22N4. The normalized spacial score (nSPS) is 11.1. The Hall–Kier alpha value is -1.83. The van der Waals surface area contributed by atoms with Crippen molar-refractivity contribution in [2.75, 3.05) is 33.7 Å². The van der Waals surface area contributed by atoms with Gasteiger partial charge in [-0.1, -0.05) is 6.07 Å². The third-order valence-electron chi connectivity index (χ3n) is 3.39. The minimum Gasteiger partial charge on any atom is -0.346 e. The van der Waals surface area contributed by atoms with Gasteiger partial charge in [-0.2, -0.15) is 5.26 Å². The molecule has 1 aromatic heterocycles. The molecule has 1 aromatic carbocycles. The zero-order valence-corrected chi connectivity index (χ0v) is 12.3. The lowest BCUT2D eigenvalue weighted by Crippen LogP contribution is -2.24. The van der Waals surface area contributed by atoms with Crippen LogP contribution in [0.4, 0.5) is 0 Å². The summed E-state index contributed by atoms with van der Waals surface area (Å²) in [6.07, 6.45) is 3.26. The molecule has 0 atom stereocenters. The Morgan fingerprint density at radius 1 is 1.25 bits per heavy atom. The second kappa shape index (κ2) is 7.09. The monoisotopic (exact) mass is 270 g/mol. The van der Waals surface area contributed by atoms with Crippen LogP contribution in [0.3, 0.4) is 0 Å². The summed E-state index contributed by atoms with van der Waals surface area (Å²) >= 11 is 0. The van der Waals surface area contributed by atoms with Crippen LogP contribution in [-0.4, -0.2) is 43.2 Å². The molecule has 0 unspecified atom stereocenters. The van der Waals surface area contributed by atoms with Gasteiger partial charge in [0.15, 0.2) is 0 Å². The Balaban J connectivity index is 1.86. The lowest BCUT2D eigenvalue weighted by Gasteiger charge is -2.10. The molecule has 20 heavy (non-hydrogen) atoms. The standard InChI is InChI=1S/C16H22N4/c1-19(2)9-3-7-18-8-11-20-10-6-15-5-4-14(13-17)12-16(15)20/h4-6,10,12,18H,3,7-9,11H2,1-2H3. The maximum Gasteiger partial charge on any atom is 0.0992 e. The van der Waals surface area contributed by atoms with Crippen molar-refractivity contribution in [3.63, 3.8) is 0 Å². The van der Waals surface area contributed by atoms with E-state index in [1.807, 2.05) is 18.2 Å². The maximum absolute atomic E-state index is 8.97. The van der Waals surface area contributed by atoms with E-state index in [1.54, 1.807) is 0 Å². The molecule has 4 heteroatoms. The first-order valence-electron chi connectivity index (χ1n) is 7.05. The van der Waals surface area contributed by atoms with Crippen LogP contribution < -0.4 is 5.32 Å². The van der Waals surface area contributed by atoms with Crippen molar-refractivity contribution in [1.82, 2.24) is 14.8 Å². The first-order valence-corrected chi connectivity index (χ1v) is 7.05. The molecule has 0 saturated carbocycles. The summed E-state index contributed by atoms with van der Waals surface area (Å²) in [5, 5.41) is 13.6. The SMILES string of the molecule is CN(C)CCCNCCn1ccc2ccc(C#N)cc21. The van der Waals surface area contributed by atoms with Gasteiger partial charge >= 0.3 is 0 Å². The van der Waals surface area contributed by atoms with Crippen molar-refractivity contribution < 1.29 is 0 Å². The number of nitriles is 1. The molecule has 4 nitrogen and oxygen atoms in total. The zero-order chi connectivity index (χ0) is 14.4. The van der Waals surface area contributed by atoms with Crippen molar-refractivity contribution in [3.8, 4) is 6.07 Å². The van der Waals surface area contributed by atoms with Gasteiger partial charge in [0.25, 0.3) is 0 Å². The molecule has 0 aliphatic rings. The molecule has 0 saturated heterocycles. The molecule has 0 radical (unpaired) electrons. The summed E-state index contributed by atoms with van der Waals surface area (Å²) in [6, 6.07) is 10.1. The van der Waals surface area contributed by atoms with Crippen LogP contribution in [0, 0.1) is 11.3 Å². The molecule has 106 valence electrons. The minimum absolute atomic E-state index is 0.719. The van der Waals surface area contributed by atoms with Crippen LogP contribution in [0.15, 0.2) is 30.5 Å². The van der Waals surface area contributed by atoms with Crippen molar-refractivity contribution in [1.29, 1.82) is 5.26 Å². The predicted octanol–water partition coefficient (Wildman–Crippen LogP) is 2.05. The molecular weight excluding hydrogens is 248 g/mol. The first kappa shape index (κ1) is 14.6. The van der Waals surface area contributed by atoms with Gasteiger partial charge in [-0.15, -0.1) is 0 Å². The van der Waals surface area contributed by atoms with E-state index in [4.69, 9.17) is 5.26 Å². The molecule has 1 heterocycles. The van der Waals surface area contributed by atoms with Gasteiger partial charge in [0.1, 0.15) is 0 Å². The maximum atomic E-state index is 8.97. The highest BCUT2D eigenvalue weighted by Gasteiger charge is 2.02. The highest BCUT2D eigenvalue weighted by atomic mass is 15.1. The third-order valence-corrected chi connectivity index (χ3v) is 3.39. The smallest absolute Gasteiger partial charge is 0.0992 e. The second-order valence-corrected chi connectivity index (χ2v) is 5.30. The zero-order valence-electron chi connectivity index (χ0n) is 12.3. The molecule has 2 aromatic rings. The number of hydrogen-bond acceptors (Lipinski definition) is 3. The predicted molar refractivity (Wildman–Crippen MR) is 82.7 cm³/mol. The van der Waals surface area contributed by atoms with Gasteiger partial charge in [-0.25, -0.2) is 0 Å². The van der Waals surface area contributed by atoms with E-state index >= 15 is 0 Å². The minimum atomic E-state index is 0.719. The Bertz CT molecular complexity index is 592. The number of aromatic nitrogens is 1. The highest BCUT2D eigenvalue weighted by Crippen LogP contribution is 2.17. The van der Waals surface area contributed by atoms with Crippen LogP contribution >= 0.6 is 0 Å². The lowest BCUT2D eigenvalue weighted by atomic mass is 10.2. The average molecular weight is 270 g/mol. The summed E-state index contributed by atoms with van der Waals surface area (Å²) in [4.78, 5) is 2.20. The molecule has 0 bridgehead atoms. The molecule has 0 amide bonds. The van der Waals surface area contributed by atoms with Crippen LogP contribution in [0.1, 0.15) is 12.0 Å². The van der Waals surface area contributed by atoms with Gasteiger partial charge in [0.05, 0.1) is 11.6 Å². The van der Waals surface area contributed by atoms with Crippen LogP contribution in [-0.2, 0) is 6.54 Å². The molecule has 0 fully saturated rings. The lowest BCUT2D eigenvalue weighted by molar-refractivity contribution is 0.393. The van der Waals surface area contributed by atoms with Gasteiger partial charge in [0.2, 0.25) is 0 Å². The van der Waals surface area contributed by atoms with E-state index in [2.05, 4.69) is 47.2 Å². The van der Waals surface area contributed by atoms with E-state index in [0.717, 1.165) is 43.7 Å². The van der Waals surface area contributed by atoms with Gasteiger partial charge < -0.3 is 14.8 Å². The largest absolute Gasteiger partial charge is 0.346 e. The topological polar surface area (TPSA) is 44.0 Å². The van der Waals surface area contributed by atoms with Crippen molar-refractivity contribution >= 4 is 10.9 Å². The van der Waals surface area contributed by atoms with Crippen LogP contribution in [0.25, 0.3) is 10.9 Å². The summed E-state index contributed by atoms with van der Waals surface area (Å²) in [7, 11) is 4.19. The van der Waals surface area contributed by atoms with E-state index in [1.165, 1.54) is 5.39 Å². The first-order chi connectivity index (χ1) is 9.70. The Morgan fingerprint density at radius 2 is 2.10 bits per heavy atom. The van der Waals surface area contributed by atoms with Crippen molar-refractivity contribution in [2.45, 2.75) is 13.0 Å². The van der Waals surface area contributed by atoms with E-state index in [-0.39, 0.29) is 0 Å². The number of rotatable bonds is 7. The molecule has 2 rings (SSSR count). The quantitative estimate of drug-likeness (QED) is 0.783. The van der Waals surface area contributed by atoms with Crippen LogP contribution in [0.5, 0.6) is 0 Å². The van der Waals surface area contributed by atoms with Crippen molar-refractivity contribution in [2.24, 2.45) is 0 Å². The van der Waals surface area contributed by atoms with E-state index in [9.17, 15) is 0 Å². The van der Waals surface area contributed by atoms with Crippen molar-refractivity contribution in [3.05, 3.63) is 36.0 Å². The average Bonchev–Trinajstić information content (AvgIpc) is 2.84. The molecule has 0 spiro atoms. The van der Waals surface area contributed by atoms with Gasteiger partial charge in [-0.3, -0.25) is 0 Å². The Morgan fingerprint density at radius 3 is 2.85 bits per heavy atom. The summed E-state index contributed by atoms with van der Waals surface area (Å²) in [6.45, 7) is 4.04. The fourth-order valence-corrected chi connectivity index (χ4v) is 2.29. The fourth-order valence-electron chi connectivity index (χ4n) is 2.29. The number of nitrogens with one attached hydrogen (secondary N) is 1. The number of hydrogen-bond donors (Lipinski definition) is 1. The van der Waals surface area contributed by atoms with E-state index in [0.29, 0.717) is 0 Å². The van der Waals surface area contributed by atoms with Gasteiger partial charge in [-0.05, 0) is 57.2 Å². The summed E-state index contributed by atoms with van der Waals surface area (Å²) in [5.41, 5.74) is 1.86. The number of fused-ring (bicyclic) bond motifs is 1. The third kappa shape index (κ3) is 3.83. The highest BCUT2D eigenvalue weighted by molar-refractivity contribution is 5.81. The fraction of sp³-hybridized carbons (Fsp3) is 0.438. The van der Waals surface area contributed by atoms with E-state index < -0.39 is 0 Å². The molecule has 0 aliphatic carbocycles. The number of nitrogens with zero attached hydrogens (tertiary/aromatic N) is 3. The Kier molecular flexibility index (Phi) is 5.16.